The highest BCUT2D eigenvalue weighted by molar-refractivity contribution is 5.86. The van der Waals surface area contributed by atoms with Crippen molar-refractivity contribution in [3.05, 3.63) is 48.0 Å². The Balaban J connectivity index is 2.18. The van der Waals surface area contributed by atoms with E-state index in [2.05, 4.69) is 12.6 Å². The Morgan fingerprint density at radius 1 is 1.60 bits per heavy atom. The van der Waals surface area contributed by atoms with E-state index in [1.165, 1.54) is 5.56 Å². The summed E-state index contributed by atoms with van der Waals surface area (Å²) in [6.45, 7) is 5.75. The Bertz CT molecular complexity index is 409. The molecule has 0 heterocycles. The summed E-state index contributed by atoms with van der Waals surface area (Å²) in [5.41, 5.74) is 1.90. The van der Waals surface area contributed by atoms with Gasteiger partial charge in [-0.3, -0.25) is 4.79 Å². The zero-order valence-corrected chi connectivity index (χ0v) is 8.82. The lowest BCUT2D eigenvalue weighted by Crippen LogP contribution is -2.44. The van der Waals surface area contributed by atoms with Gasteiger partial charge in [-0.15, -0.1) is 0 Å². The number of fused-ring (bicyclic) bond motifs is 1. The second-order valence-corrected chi connectivity index (χ2v) is 4.05. The third kappa shape index (κ3) is 1.46. The van der Waals surface area contributed by atoms with E-state index in [-0.39, 0.29) is 12.6 Å². The van der Waals surface area contributed by atoms with Gasteiger partial charge in [-0.05, 0) is 24.5 Å². The van der Waals surface area contributed by atoms with E-state index in [0.29, 0.717) is 0 Å². The molecule has 1 atom stereocenters. The summed E-state index contributed by atoms with van der Waals surface area (Å²) in [4.78, 5) is 11.8. The van der Waals surface area contributed by atoms with E-state index >= 15 is 0 Å². The quantitative estimate of drug-likeness (QED) is 0.555. The summed E-state index contributed by atoms with van der Waals surface area (Å²) < 4.78 is 5.10. The number of benzene rings is 1. The van der Waals surface area contributed by atoms with E-state index in [1.54, 1.807) is 6.08 Å². The largest absolute Gasteiger partial charge is 0.461 e. The molecule has 1 aromatic carbocycles. The molecule has 1 aliphatic rings. The Morgan fingerprint density at radius 2 is 2.33 bits per heavy atom. The van der Waals surface area contributed by atoms with Crippen LogP contribution in [0, 0.1) is 0 Å². The molecule has 2 rings (SSSR count). The van der Waals surface area contributed by atoms with Gasteiger partial charge in [0.15, 0.2) is 0 Å². The molecule has 1 aliphatic carbocycles. The number of hydrogen-bond donors (Lipinski definition) is 0. The van der Waals surface area contributed by atoms with E-state index in [0.717, 1.165) is 12.0 Å². The molecule has 1 aromatic rings. The summed E-state index contributed by atoms with van der Waals surface area (Å²) in [6, 6.07) is 8.00. The lowest BCUT2D eigenvalue weighted by atomic mass is 9.65. The van der Waals surface area contributed by atoms with Crippen LogP contribution in [0.5, 0.6) is 0 Å². The molecule has 0 spiro atoms. The third-order valence-electron chi connectivity index (χ3n) is 2.94. The van der Waals surface area contributed by atoms with Crippen molar-refractivity contribution in [2.75, 3.05) is 6.61 Å². The van der Waals surface area contributed by atoms with Crippen LogP contribution in [0.25, 0.3) is 0 Å². The minimum Gasteiger partial charge on any atom is -0.461 e. The Morgan fingerprint density at radius 3 is 3.00 bits per heavy atom. The maximum Gasteiger partial charge on any atom is 0.316 e. The number of hydrogen-bond acceptors (Lipinski definition) is 2. The first-order chi connectivity index (χ1) is 7.18. The predicted molar refractivity (Wildman–Crippen MR) is 58.7 cm³/mol. The second kappa shape index (κ2) is 3.54. The highest BCUT2D eigenvalue weighted by Crippen LogP contribution is 2.41. The molecule has 0 radical (unpaired) electrons. The summed E-state index contributed by atoms with van der Waals surface area (Å²) in [5.74, 6) is -0.152. The van der Waals surface area contributed by atoms with Gasteiger partial charge in [-0.25, -0.2) is 0 Å². The molecule has 0 saturated carbocycles. The Labute approximate surface area is 89.6 Å². The van der Waals surface area contributed by atoms with Crippen molar-refractivity contribution in [3.63, 3.8) is 0 Å². The predicted octanol–water partition coefficient (Wildman–Crippen LogP) is 2.23. The lowest BCUT2D eigenvalue weighted by molar-refractivity contribution is -0.149. The van der Waals surface area contributed by atoms with Crippen LogP contribution >= 0.6 is 0 Å². The number of rotatable bonds is 3. The number of ether oxygens (including phenoxy) is 1. The average molecular weight is 202 g/mol. The molecule has 0 aromatic heterocycles. The van der Waals surface area contributed by atoms with Crippen molar-refractivity contribution in [2.45, 2.75) is 18.8 Å². The highest BCUT2D eigenvalue weighted by atomic mass is 16.5. The van der Waals surface area contributed by atoms with Crippen molar-refractivity contribution in [3.8, 4) is 0 Å². The van der Waals surface area contributed by atoms with Crippen molar-refractivity contribution >= 4 is 5.97 Å². The first-order valence-electron chi connectivity index (χ1n) is 5.05. The molecule has 2 heteroatoms. The standard InChI is InChI=1S/C13H14O2/c1-3-8-15-12(14)13(2)9-10-6-4-5-7-11(10)13/h3-7H,1,8-9H2,2H3. The van der Waals surface area contributed by atoms with E-state index in [4.69, 9.17) is 4.74 Å². The molecule has 0 N–H and O–H groups in total. The summed E-state index contributed by atoms with van der Waals surface area (Å²) in [7, 11) is 0. The summed E-state index contributed by atoms with van der Waals surface area (Å²) in [5, 5.41) is 0. The molecule has 78 valence electrons. The fourth-order valence-corrected chi connectivity index (χ4v) is 2.06. The van der Waals surface area contributed by atoms with Crippen LogP contribution in [0.4, 0.5) is 0 Å². The van der Waals surface area contributed by atoms with E-state index in [1.807, 2.05) is 25.1 Å². The zero-order chi connectivity index (χ0) is 10.9. The molecule has 0 bridgehead atoms. The van der Waals surface area contributed by atoms with Gasteiger partial charge in [0.2, 0.25) is 0 Å². The first-order valence-corrected chi connectivity index (χ1v) is 5.05. The molecule has 0 fully saturated rings. The van der Waals surface area contributed by atoms with E-state index in [9.17, 15) is 4.79 Å². The van der Waals surface area contributed by atoms with Gasteiger partial charge in [-0.2, -0.15) is 0 Å². The molecule has 0 aliphatic heterocycles. The maximum absolute atomic E-state index is 11.8. The van der Waals surface area contributed by atoms with Gasteiger partial charge < -0.3 is 4.74 Å². The van der Waals surface area contributed by atoms with Gasteiger partial charge >= 0.3 is 5.97 Å². The van der Waals surface area contributed by atoms with Crippen molar-refractivity contribution in [1.82, 2.24) is 0 Å². The maximum atomic E-state index is 11.8. The second-order valence-electron chi connectivity index (χ2n) is 4.05. The number of carbonyl (C=O) groups excluding carboxylic acids is 1. The average Bonchev–Trinajstić information content (AvgIpc) is 2.24. The monoisotopic (exact) mass is 202 g/mol. The molecule has 0 amide bonds. The van der Waals surface area contributed by atoms with Gasteiger partial charge in [-0.1, -0.05) is 36.9 Å². The van der Waals surface area contributed by atoms with Gasteiger partial charge in [0, 0.05) is 0 Å². The van der Waals surface area contributed by atoms with Gasteiger partial charge in [0.25, 0.3) is 0 Å². The SMILES string of the molecule is C=CCOC(=O)C1(C)Cc2ccccc21. The van der Waals surface area contributed by atoms with Crippen LogP contribution in [0.3, 0.4) is 0 Å². The fraction of sp³-hybridized carbons (Fsp3) is 0.308. The molecule has 0 saturated heterocycles. The van der Waals surface area contributed by atoms with Crippen LogP contribution < -0.4 is 0 Å². The third-order valence-corrected chi connectivity index (χ3v) is 2.94. The first kappa shape index (κ1) is 9.97. The Hall–Kier alpha value is -1.57. The highest BCUT2D eigenvalue weighted by Gasteiger charge is 2.45. The molecular formula is C13H14O2. The van der Waals surface area contributed by atoms with Crippen LogP contribution in [0.2, 0.25) is 0 Å². The number of esters is 1. The zero-order valence-electron chi connectivity index (χ0n) is 8.82. The molecule has 1 unspecified atom stereocenters. The summed E-state index contributed by atoms with van der Waals surface area (Å²) in [6.07, 6.45) is 2.37. The molecule has 15 heavy (non-hydrogen) atoms. The van der Waals surface area contributed by atoms with Crippen LogP contribution in [-0.2, 0) is 21.4 Å². The minimum absolute atomic E-state index is 0.152. The van der Waals surface area contributed by atoms with E-state index < -0.39 is 5.41 Å². The molecule has 2 nitrogen and oxygen atoms in total. The van der Waals surface area contributed by atoms with Gasteiger partial charge in [0.1, 0.15) is 6.61 Å². The minimum atomic E-state index is -0.445. The van der Waals surface area contributed by atoms with Crippen molar-refractivity contribution in [2.24, 2.45) is 0 Å². The topological polar surface area (TPSA) is 26.3 Å². The van der Waals surface area contributed by atoms with Gasteiger partial charge in [0.05, 0.1) is 5.41 Å². The smallest absolute Gasteiger partial charge is 0.316 e. The Kier molecular flexibility index (Phi) is 2.35. The number of carbonyl (C=O) groups is 1. The van der Waals surface area contributed by atoms with Crippen LogP contribution in [0.1, 0.15) is 18.1 Å². The lowest BCUT2D eigenvalue weighted by Gasteiger charge is -2.38. The normalized spacial score (nSPS) is 22.5. The molecular weight excluding hydrogens is 188 g/mol. The van der Waals surface area contributed by atoms with Crippen molar-refractivity contribution in [1.29, 1.82) is 0 Å². The summed E-state index contributed by atoms with van der Waals surface area (Å²) >= 11 is 0. The van der Waals surface area contributed by atoms with Crippen LogP contribution in [-0.4, -0.2) is 12.6 Å². The van der Waals surface area contributed by atoms with Crippen molar-refractivity contribution < 1.29 is 9.53 Å². The fourth-order valence-electron chi connectivity index (χ4n) is 2.06. The van der Waals surface area contributed by atoms with Crippen LogP contribution in [0.15, 0.2) is 36.9 Å².